The molecule has 3 rings (SSSR count). The standard InChI is InChI=1S/C16H20N2O/c1-2-6-16(18-8-3-4-9-18)15(5-1)12-17-11-14-7-10-19-13-14/h1-2,5-7,10,13,17H,3-4,8-9,11-12H2. The fraction of sp³-hybridized carbons (Fsp3) is 0.375. The van der Waals surface area contributed by atoms with Gasteiger partial charge in [-0.25, -0.2) is 0 Å². The molecule has 19 heavy (non-hydrogen) atoms. The van der Waals surface area contributed by atoms with Crippen molar-refractivity contribution in [1.82, 2.24) is 5.32 Å². The molecule has 0 spiro atoms. The number of anilines is 1. The van der Waals surface area contributed by atoms with Gasteiger partial charge in [0.05, 0.1) is 12.5 Å². The molecule has 2 heterocycles. The van der Waals surface area contributed by atoms with Gasteiger partial charge in [0.15, 0.2) is 0 Å². The van der Waals surface area contributed by atoms with Crippen molar-refractivity contribution in [3.05, 3.63) is 54.0 Å². The zero-order valence-corrected chi connectivity index (χ0v) is 11.1. The summed E-state index contributed by atoms with van der Waals surface area (Å²) in [5.41, 5.74) is 3.96. The summed E-state index contributed by atoms with van der Waals surface area (Å²) < 4.78 is 5.07. The quantitative estimate of drug-likeness (QED) is 0.890. The highest BCUT2D eigenvalue weighted by Crippen LogP contribution is 2.24. The van der Waals surface area contributed by atoms with Gasteiger partial charge in [0.2, 0.25) is 0 Å². The highest BCUT2D eigenvalue weighted by molar-refractivity contribution is 5.54. The summed E-state index contributed by atoms with van der Waals surface area (Å²) in [4.78, 5) is 2.49. The van der Waals surface area contributed by atoms with E-state index >= 15 is 0 Å². The van der Waals surface area contributed by atoms with E-state index in [1.165, 1.54) is 42.7 Å². The third-order valence-electron chi connectivity index (χ3n) is 3.66. The summed E-state index contributed by atoms with van der Waals surface area (Å²) in [6.07, 6.45) is 6.14. The van der Waals surface area contributed by atoms with Crippen molar-refractivity contribution in [2.45, 2.75) is 25.9 Å². The van der Waals surface area contributed by atoms with Crippen LogP contribution in [0, 0.1) is 0 Å². The van der Waals surface area contributed by atoms with E-state index in [-0.39, 0.29) is 0 Å². The van der Waals surface area contributed by atoms with Crippen LogP contribution < -0.4 is 10.2 Å². The Labute approximate surface area is 114 Å². The number of rotatable bonds is 5. The first kappa shape index (κ1) is 12.3. The fourth-order valence-corrected chi connectivity index (χ4v) is 2.66. The van der Waals surface area contributed by atoms with Crippen molar-refractivity contribution < 1.29 is 4.42 Å². The molecule has 0 radical (unpaired) electrons. The van der Waals surface area contributed by atoms with Crippen LogP contribution in [0.4, 0.5) is 5.69 Å². The molecule has 0 bridgehead atoms. The number of furan rings is 1. The minimum Gasteiger partial charge on any atom is -0.472 e. The van der Waals surface area contributed by atoms with Crippen LogP contribution in [-0.2, 0) is 13.1 Å². The predicted molar refractivity (Wildman–Crippen MR) is 77.1 cm³/mol. The molecule has 3 nitrogen and oxygen atoms in total. The number of nitrogens with zero attached hydrogens (tertiary/aromatic N) is 1. The predicted octanol–water partition coefficient (Wildman–Crippen LogP) is 3.17. The van der Waals surface area contributed by atoms with E-state index in [9.17, 15) is 0 Å². The lowest BCUT2D eigenvalue weighted by Gasteiger charge is -2.21. The molecule has 3 heteroatoms. The van der Waals surface area contributed by atoms with Gasteiger partial charge in [-0.15, -0.1) is 0 Å². The molecule has 2 aromatic rings. The van der Waals surface area contributed by atoms with E-state index in [0.29, 0.717) is 0 Å². The zero-order valence-electron chi connectivity index (χ0n) is 11.1. The Morgan fingerprint density at radius 2 is 1.89 bits per heavy atom. The Hall–Kier alpha value is -1.74. The molecule has 100 valence electrons. The molecule has 0 amide bonds. The third-order valence-corrected chi connectivity index (χ3v) is 3.66. The number of benzene rings is 1. The van der Waals surface area contributed by atoms with Crippen molar-refractivity contribution in [2.24, 2.45) is 0 Å². The molecule has 1 saturated heterocycles. The summed E-state index contributed by atoms with van der Waals surface area (Å²) >= 11 is 0. The molecule has 1 N–H and O–H groups in total. The van der Waals surface area contributed by atoms with Crippen LogP contribution in [0.2, 0.25) is 0 Å². The monoisotopic (exact) mass is 256 g/mol. The van der Waals surface area contributed by atoms with Gasteiger partial charge in [-0.1, -0.05) is 18.2 Å². The van der Waals surface area contributed by atoms with Gasteiger partial charge >= 0.3 is 0 Å². The van der Waals surface area contributed by atoms with Crippen molar-refractivity contribution in [1.29, 1.82) is 0 Å². The van der Waals surface area contributed by atoms with Crippen molar-refractivity contribution in [2.75, 3.05) is 18.0 Å². The van der Waals surface area contributed by atoms with Crippen LogP contribution in [0.5, 0.6) is 0 Å². The van der Waals surface area contributed by atoms with E-state index in [2.05, 4.69) is 34.5 Å². The highest BCUT2D eigenvalue weighted by Gasteiger charge is 2.14. The third kappa shape index (κ3) is 2.99. The minimum absolute atomic E-state index is 0.852. The summed E-state index contributed by atoms with van der Waals surface area (Å²) in [7, 11) is 0. The Kier molecular flexibility index (Phi) is 3.84. The van der Waals surface area contributed by atoms with E-state index < -0.39 is 0 Å². The molecule has 1 aliphatic rings. The number of para-hydroxylation sites is 1. The van der Waals surface area contributed by atoms with Crippen LogP contribution in [-0.4, -0.2) is 13.1 Å². The second-order valence-electron chi connectivity index (χ2n) is 5.06. The molecule has 1 fully saturated rings. The lowest BCUT2D eigenvalue weighted by Crippen LogP contribution is -2.21. The molecule has 0 aliphatic carbocycles. The lowest BCUT2D eigenvalue weighted by atomic mass is 10.1. The molecule has 1 aromatic carbocycles. The first-order valence-electron chi connectivity index (χ1n) is 6.98. The number of hydrogen-bond donors (Lipinski definition) is 1. The van der Waals surface area contributed by atoms with E-state index in [0.717, 1.165) is 13.1 Å². The fourth-order valence-electron chi connectivity index (χ4n) is 2.66. The molecule has 1 aliphatic heterocycles. The van der Waals surface area contributed by atoms with Crippen LogP contribution in [0.3, 0.4) is 0 Å². The maximum absolute atomic E-state index is 5.07. The van der Waals surface area contributed by atoms with Crippen LogP contribution >= 0.6 is 0 Å². The maximum Gasteiger partial charge on any atom is 0.0947 e. The van der Waals surface area contributed by atoms with Gasteiger partial charge in [0.1, 0.15) is 0 Å². The number of nitrogens with one attached hydrogen (secondary N) is 1. The molecular weight excluding hydrogens is 236 g/mol. The minimum atomic E-state index is 0.852. The Morgan fingerprint density at radius 3 is 2.68 bits per heavy atom. The van der Waals surface area contributed by atoms with Crippen molar-refractivity contribution in [3.8, 4) is 0 Å². The van der Waals surface area contributed by atoms with Crippen molar-refractivity contribution in [3.63, 3.8) is 0 Å². The maximum atomic E-state index is 5.07. The van der Waals surface area contributed by atoms with Crippen LogP contribution in [0.25, 0.3) is 0 Å². The zero-order chi connectivity index (χ0) is 12.9. The smallest absolute Gasteiger partial charge is 0.0947 e. The van der Waals surface area contributed by atoms with E-state index in [1.807, 2.05) is 6.07 Å². The first-order chi connectivity index (χ1) is 9.43. The van der Waals surface area contributed by atoms with Gasteiger partial charge in [0, 0.05) is 37.4 Å². The Morgan fingerprint density at radius 1 is 1.05 bits per heavy atom. The van der Waals surface area contributed by atoms with E-state index in [1.54, 1.807) is 12.5 Å². The van der Waals surface area contributed by atoms with Gasteiger partial charge in [0.25, 0.3) is 0 Å². The lowest BCUT2D eigenvalue weighted by molar-refractivity contribution is 0.560. The Bertz CT molecular complexity index is 501. The molecule has 0 saturated carbocycles. The largest absolute Gasteiger partial charge is 0.472 e. The first-order valence-corrected chi connectivity index (χ1v) is 6.98. The average molecular weight is 256 g/mol. The molecule has 0 atom stereocenters. The Balaban J connectivity index is 1.63. The average Bonchev–Trinajstić information content (AvgIpc) is 3.12. The van der Waals surface area contributed by atoms with Crippen LogP contribution in [0.15, 0.2) is 47.3 Å². The summed E-state index contributed by atoms with van der Waals surface area (Å²) in [5, 5.41) is 3.48. The highest BCUT2D eigenvalue weighted by atomic mass is 16.3. The molecule has 1 aromatic heterocycles. The topological polar surface area (TPSA) is 28.4 Å². The second-order valence-corrected chi connectivity index (χ2v) is 5.06. The summed E-state index contributed by atoms with van der Waals surface area (Å²) in [6, 6.07) is 10.7. The van der Waals surface area contributed by atoms with Gasteiger partial charge < -0.3 is 14.6 Å². The van der Waals surface area contributed by atoms with Gasteiger partial charge in [-0.2, -0.15) is 0 Å². The summed E-state index contributed by atoms with van der Waals surface area (Å²) in [6.45, 7) is 4.14. The molecule has 0 unspecified atom stereocenters. The SMILES string of the molecule is c1ccc(N2CCCC2)c(CNCc2ccoc2)c1. The van der Waals surface area contributed by atoms with Crippen molar-refractivity contribution >= 4 is 5.69 Å². The van der Waals surface area contributed by atoms with Crippen LogP contribution in [0.1, 0.15) is 24.0 Å². The molecular formula is C16H20N2O. The summed E-state index contributed by atoms with van der Waals surface area (Å²) in [5.74, 6) is 0. The second kappa shape index (κ2) is 5.93. The van der Waals surface area contributed by atoms with E-state index in [4.69, 9.17) is 4.42 Å². The normalized spacial score (nSPS) is 15.1. The van der Waals surface area contributed by atoms with Gasteiger partial charge in [-0.3, -0.25) is 0 Å². The number of hydrogen-bond acceptors (Lipinski definition) is 3. The van der Waals surface area contributed by atoms with Gasteiger partial charge in [-0.05, 0) is 30.5 Å².